The van der Waals surface area contributed by atoms with Gasteiger partial charge in [-0.05, 0) is 25.0 Å². The zero-order valence-electron chi connectivity index (χ0n) is 9.54. The quantitative estimate of drug-likeness (QED) is 0.867. The van der Waals surface area contributed by atoms with Crippen molar-refractivity contribution in [2.75, 3.05) is 5.32 Å². The van der Waals surface area contributed by atoms with Gasteiger partial charge in [0.25, 0.3) is 0 Å². The Kier molecular flexibility index (Phi) is 3.02. The summed E-state index contributed by atoms with van der Waals surface area (Å²) in [6, 6.07) is 2.31. The predicted molar refractivity (Wildman–Crippen MR) is 59.0 cm³/mol. The number of carboxylic acid groups (broad SMARTS) is 1. The Balaban J connectivity index is 2.14. The van der Waals surface area contributed by atoms with Crippen LogP contribution < -0.4 is 5.32 Å². The molecule has 2 unspecified atom stereocenters. The molecule has 6 heteroatoms. The molecule has 1 aliphatic rings. The van der Waals surface area contributed by atoms with Crippen molar-refractivity contribution in [1.82, 2.24) is 0 Å². The van der Waals surface area contributed by atoms with E-state index in [0.29, 0.717) is 0 Å². The molecule has 0 saturated heterocycles. The minimum absolute atomic E-state index is 0.205. The van der Waals surface area contributed by atoms with Gasteiger partial charge in [-0.15, -0.1) is 0 Å². The second-order valence-electron chi connectivity index (χ2n) is 4.33. The van der Waals surface area contributed by atoms with Gasteiger partial charge in [0.2, 0.25) is 5.91 Å². The first kappa shape index (κ1) is 12.5. The molecule has 1 aromatic carbocycles. The first-order chi connectivity index (χ1) is 8.41. The Morgan fingerprint density at radius 3 is 2.56 bits per heavy atom. The molecular weight excluding hydrogens is 244 g/mol. The van der Waals surface area contributed by atoms with Gasteiger partial charge in [-0.3, -0.25) is 9.59 Å². The number of halogens is 2. The molecular formula is C12H11F2NO3. The molecule has 1 fully saturated rings. The monoisotopic (exact) mass is 255 g/mol. The van der Waals surface area contributed by atoms with E-state index in [0.717, 1.165) is 6.07 Å². The Morgan fingerprint density at radius 2 is 2.00 bits per heavy atom. The third-order valence-corrected chi connectivity index (χ3v) is 2.98. The van der Waals surface area contributed by atoms with Crippen molar-refractivity contribution in [3.8, 4) is 0 Å². The number of carbonyl (C=O) groups excluding carboxylic acids is 1. The van der Waals surface area contributed by atoms with E-state index in [4.69, 9.17) is 5.11 Å². The van der Waals surface area contributed by atoms with Gasteiger partial charge in [-0.1, -0.05) is 6.07 Å². The van der Waals surface area contributed by atoms with E-state index in [9.17, 15) is 18.4 Å². The average Bonchev–Trinajstić information content (AvgIpc) is 3.09. The van der Waals surface area contributed by atoms with Crippen molar-refractivity contribution in [2.45, 2.75) is 13.3 Å². The van der Waals surface area contributed by atoms with Crippen LogP contribution in [-0.2, 0) is 9.59 Å². The van der Waals surface area contributed by atoms with Crippen molar-refractivity contribution in [3.63, 3.8) is 0 Å². The summed E-state index contributed by atoms with van der Waals surface area (Å²) in [5, 5.41) is 10.8. The van der Waals surface area contributed by atoms with Crippen LogP contribution >= 0.6 is 0 Å². The second-order valence-corrected chi connectivity index (χ2v) is 4.33. The lowest BCUT2D eigenvalue weighted by atomic mass is 10.2. The molecule has 18 heavy (non-hydrogen) atoms. The second kappa shape index (κ2) is 4.36. The van der Waals surface area contributed by atoms with Gasteiger partial charge >= 0.3 is 5.97 Å². The van der Waals surface area contributed by atoms with Gasteiger partial charge in [0.15, 0.2) is 5.82 Å². The SMILES string of the molecule is Cc1ccc(F)c(NC(=O)C2CC2C(=O)O)c1F. The molecule has 4 nitrogen and oxygen atoms in total. The fourth-order valence-electron chi connectivity index (χ4n) is 1.74. The number of nitrogens with one attached hydrogen (secondary N) is 1. The van der Waals surface area contributed by atoms with Gasteiger partial charge in [-0.25, -0.2) is 8.78 Å². The Hall–Kier alpha value is -1.98. The van der Waals surface area contributed by atoms with Crippen molar-refractivity contribution < 1.29 is 23.5 Å². The summed E-state index contributed by atoms with van der Waals surface area (Å²) >= 11 is 0. The summed E-state index contributed by atoms with van der Waals surface area (Å²) < 4.78 is 27.0. The molecule has 1 aliphatic carbocycles. The number of hydrogen-bond donors (Lipinski definition) is 2. The zero-order valence-corrected chi connectivity index (χ0v) is 9.54. The van der Waals surface area contributed by atoms with Crippen LogP contribution in [0, 0.1) is 30.4 Å². The molecule has 2 rings (SSSR count). The number of benzene rings is 1. The number of carbonyl (C=O) groups is 2. The van der Waals surface area contributed by atoms with E-state index in [1.165, 1.54) is 13.0 Å². The number of hydrogen-bond acceptors (Lipinski definition) is 2. The molecule has 0 spiro atoms. The lowest BCUT2D eigenvalue weighted by Gasteiger charge is -2.08. The minimum Gasteiger partial charge on any atom is -0.481 e. The minimum atomic E-state index is -1.07. The summed E-state index contributed by atoms with van der Waals surface area (Å²) in [5.41, 5.74) is -0.312. The van der Waals surface area contributed by atoms with Crippen molar-refractivity contribution in [1.29, 1.82) is 0 Å². The van der Waals surface area contributed by atoms with Crippen LogP contribution in [0.25, 0.3) is 0 Å². The molecule has 0 aromatic heterocycles. The van der Waals surface area contributed by atoms with Gasteiger partial charge in [-0.2, -0.15) is 0 Å². The molecule has 1 saturated carbocycles. The van der Waals surface area contributed by atoms with Crippen molar-refractivity contribution in [2.24, 2.45) is 11.8 Å². The number of aliphatic carboxylic acids is 1. The Morgan fingerprint density at radius 1 is 1.33 bits per heavy atom. The van der Waals surface area contributed by atoms with Gasteiger partial charge in [0.1, 0.15) is 11.5 Å². The predicted octanol–water partition coefficient (Wildman–Crippen LogP) is 1.93. The Bertz CT molecular complexity index is 530. The van der Waals surface area contributed by atoms with Crippen LogP contribution in [0.2, 0.25) is 0 Å². The van der Waals surface area contributed by atoms with Crippen molar-refractivity contribution >= 4 is 17.6 Å². The van der Waals surface area contributed by atoms with Crippen LogP contribution in [0.3, 0.4) is 0 Å². The number of carboxylic acids is 1. The molecule has 0 heterocycles. The smallest absolute Gasteiger partial charge is 0.307 e. The molecule has 2 N–H and O–H groups in total. The van der Waals surface area contributed by atoms with Gasteiger partial charge in [0.05, 0.1) is 11.8 Å². The molecule has 0 bridgehead atoms. The fraction of sp³-hybridized carbons (Fsp3) is 0.333. The van der Waals surface area contributed by atoms with Crippen LogP contribution in [0.15, 0.2) is 12.1 Å². The highest BCUT2D eigenvalue weighted by Crippen LogP contribution is 2.39. The fourth-order valence-corrected chi connectivity index (χ4v) is 1.74. The largest absolute Gasteiger partial charge is 0.481 e. The molecule has 0 radical (unpaired) electrons. The molecule has 2 atom stereocenters. The summed E-state index contributed by atoms with van der Waals surface area (Å²) in [6.07, 6.45) is 0.205. The number of rotatable bonds is 3. The van der Waals surface area contributed by atoms with Gasteiger partial charge < -0.3 is 10.4 Å². The van der Waals surface area contributed by atoms with E-state index >= 15 is 0 Å². The average molecular weight is 255 g/mol. The van der Waals surface area contributed by atoms with Gasteiger partial charge in [0, 0.05) is 0 Å². The number of anilines is 1. The normalized spacial score (nSPS) is 21.5. The summed E-state index contributed by atoms with van der Waals surface area (Å²) in [5.74, 6) is -4.90. The van der Waals surface area contributed by atoms with Crippen LogP contribution in [0.5, 0.6) is 0 Å². The van der Waals surface area contributed by atoms with E-state index in [-0.39, 0.29) is 12.0 Å². The molecule has 96 valence electrons. The number of aryl methyl sites for hydroxylation is 1. The highest BCUT2D eigenvalue weighted by atomic mass is 19.1. The lowest BCUT2D eigenvalue weighted by Crippen LogP contribution is -2.18. The first-order valence-electron chi connectivity index (χ1n) is 5.40. The lowest BCUT2D eigenvalue weighted by molar-refractivity contribution is -0.139. The van der Waals surface area contributed by atoms with E-state index in [2.05, 4.69) is 5.32 Å². The Labute approximate surface area is 102 Å². The zero-order chi connectivity index (χ0) is 13.4. The first-order valence-corrected chi connectivity index (χ1v) is 5.40. The van der Waals surface area contributed by atoms with E-state index in [1.807, 2.05) is 0 Å². The van der Waals surface area contributed by atoms with Crippen LogP contribution in [0.1, 0.15) is 12.0 Å². The summed E-state index contributed by atoms with van der Waals surface area (Å²) in [6.45, 7) is 1.45. The summed E-state index contributed by atoms with van der Waals surface area (Å²) in [4.78, 5) is 22.2. The van der Waals surface area contributed by atoms with E-state index in [1.54, 1.807) is 0 Å². The standard InChI is InChI=1S/C12H11F2NO3/c1-5-2-3-8(13)10(9(5)14)15-11(16)6-4-7(6)12(17)18/h2-3,6-7H,4H2,1H3,(H,15,16)(H,17,18). The topological polar surface area (TPSA) is 66.4 Å². The summed E-state index contributed by atoms with van der Waals surface area (Å²) in [7, 11) is 0. The molecule has 0 aliphatic heterocycles. The highest BCUT2D eigenvalue weighted by Gasteiger charge is 2.48. The maximum atomic E-state index is 13.6. The third kappa shape index (κ3) is 2.18. The molecule has 1 aromatic rings. The van der Waals surface area contributed by atoms with Crippen LogP contribution in [0.4, 0.5) is 14.5 Å². The van der Waals surface area contributed by atoms with Crippen molar-refractivity contribution in [3.05, 3.63) is 29.3 Å². The highest BCUT2D eigenvalue weighted by molar-refractivity contribution is 5.98. The van der Waals surface area contributed by atoms with Crippen LogP contribution in [-0.4, -0.2) is 17.0 Å². The van der Waals surface area contributed by atoms with E-state index < -0.39 is 41.0 Å². The molecule has 1 amide bonds. The maximum Gasteiger partial charge on any atom is 0.307 e. The third-order valence-electron chi connectivity index (χ3n) is 2.98. The maximum absolute atomic E-state index is 13.6. The number of amides is 1.